The van der Waals surface area contributed by atoms with Crippen molar-refractivity contribution in [1.29, 1.82) is 0 Å². The Balaban J connectivity index is 2.93. The molecule has 0 aliphatic rings. The van der Waals surface area contributed by atoms with Crippen LogP contribution in [0.4, 0.5) is 0 Å². The maximum Gasteiger partial charge on any atom is 0.519 e. The number of esters is 1. The Bertz CT molecular complexity index is 356. The van der Waals surface area contributed by atoms with Gasteiger partial charge < -0.3 is 13.6 Å². The molecule has 0 aromatic carbocycles. The maximum absolute atomic E-state index is 10.8. The largest absolute Gasteiger partial charge is 0.519 e. The van der Waals surface area contributed by atoms with E-state index >= 15 is 0 Å². The summed E-state index contributed by atoms with van der Waals surface area (Å²) in [5, 5.41) is 0. The maximum atomic E-state index is 10.8. The van der Waals surface area contributed by atoms with Gasteiger partial charge in [-0.25, -0.2) is 9.59 Å². The minimum absolute atomic E-state index is 0.0214. The molecule has 0 spiro atoms. The highest BCUT2D eigenvalue weighted by Gasteiger charge is 2.14. The first-order valence-corrected chi connectivity index (χ1v) is 3.01. The zero-order chi connectivity index (χ0) is 9.14. The number of methoxy groups -OCH3 is 1. The van der Waals surface area contributed by atoms with Gasteiger partial charge in [-0.05, 0) is 0 Å². The minimum atomic E-state index is -0.880. The van der Waals surface area contributed by atoms with E-state index in [2.05, 4.69) is 20.2 Å². The molecule has 0 radical (unpaired) electrons. The molecule has 0 aliphatic heterocycles. The predicted octanol–water partition coefficient (Wildman–Crippen LogP) is 0.419. The zero-order valence-corrected chi connectivity index (χ0v) is 6.33. The van der Waals surface area contributed by atoms with Gasteiger partial charge in [0.2, 0.25) is 0 Å². The van der Waals surface area contributed by atoms with E-state index in [4.69, 9.17) is 0 Å². The fourth-order valence-electron chi connectivity index (χ4n) is 0.596. The van der Waals surface area contributed by atoms with Crippen LogP contribution in [0.25, 0.3) is 5.57 Å². The number of carbonyl (C=O) groups is 1. The summed E-state index contributed by atoms with van der Waals surface area (Å²) < 4.78 is 13.1. The van der Waals surface area contributed by atoms with Crippen molar-refractivity contribution in [2.45, 2.75) is 0 Å². The van der Waals surface area contributed by atoms with E-state index in [1.54, 1.807) is 0 Å². The van der Waals surface area contributed by atoms with Crippen molar-refractivity contribution < 1.29 is 18.4 Å². The monoisotopic (exact) mass is 170 g/mol. The highest BCUT2D eigenvalue weighted by atomic mass is 16.6. The van der Waals surface area contributed by atoms with Crippen molar-refractivity contribution in [1.82, 2.24) is 0 Å². The van der Waals surface area contributed by atoms with Gasteiger partial charge in [0.05, 0.1) is 12.7 Å². The number of hydrogen-bond acceptors (Lipinski definition) is 5. The predicted molar refractivity (Wildman–Crippen MR) is 38.3 cm³/mol. The highest BCUT2D eigenvalue weighted by molar-refractivity contribution is 6.14. The second-order valence-electron chi connectivity index (χ2n) is 1.92. The molecule has 1 rings (SSSR count). The molecular weight excluding hydrogens is 164 g/mol. The Morgan fingerprint density at radius 3 is 2.75 bits per heavy atom. The number of carbonyl (C=O) groups excluding carboxylic acids is 1. The van der Waals surface area contributed by atoms with E-state index in [0.29, 0.717) is 0 Å². The number of ether oxygens (including phenoxy) is 1. The molecule has 0 aliphatic carbocycles. The van der Waals surface area contributed by atoms with E-state index in [9.17, 15) is 9.59 Å². The molecule has 1 heterocycles. The molecule has 0 atom stereocenters. The summed E-state index contributed by atoms with van der Waals surface area (Å²) in [7, 11) is 1.20. The minimum Gasteiger partial charge on any atom is -0.465 e. The van der Waals surface area contributed by atoms with Crippen LogP contribution in [0, 0.1) is 0 Å². The molecule has 64 valence electrons. The molecule has 1 aromatic rings. The van der Waals surface area contributed by atoms with Crippen LogP contribution < -0.4 is 5.82 Å². The smallest absolute Gasteiger partial charge is 0.465 e. The van der Waals surface area contributed by atoms with Gasteiger partial charge in [-0.15, -0.1) is 0 Å². The first kappa shape index (κ1) is 8.32. The number of rotatable bonds is 2. The van der Waals surface area contributed by atoms with Gasteiger partial charge in [0, 0.05) is 0 Å². The molecule has 1 aromatic heterocycles. The lowest BCUT2D eigenvalue weighted by Gasteiger charge is -1.95. The van der Waals surface area contributed by atoms with Crippen molar-refractivity contribution in [2.75, 3.05) is 7.11 Å². The summed E-state index contributed by atoms with van der Waals surface area (Å²) in [6.07, 6.45) is 1.00. The second-order valence-corrected chi connectivity index (χ2v) is 1.92. The molecule has 0 saturated carbocycles. The van der Waals surface area contributed by atoms with E-state index in [0.717, 1.165) is 6.26 Å². The SMILES string of the molecule is C=C(C(=O)OC)c1coc(=O)o1. The average Bonchev–Trinajstić information content (AvgIpc) is 2.49. The summed E-state index contributed by atoms with van der Waals surface area (Å²) in [4.78, 5) is 21.2. The molecule has 0 saturated heterocycles. The van der Waals surface area contributed by atoms with E-state index in [1.165, 1.54) is 7.11 Å². The van der Waals surface area contributed by atoms with Gasteiger partial charge >= 0.3 is 11.8 Å². The first-order valence-electron chi connectivity index (χ1n) is 3.01. The molecule has 0 N–H and O–H groups in total. The standard InChI is InChI=1S/C7H6O5/c1-4(6(8)10-2)5-3-11-7(9)12-5/h3H,1H2,2H3. The topological polar surface area (TPSA) is 69.7 Å². The van der Waals surface area contributed by atoms with E-state index < -0.39 is 11.8 Å². The van der Waals surface area contributed by atoms with Gasteiger partial charge in [0.25, 0.3) is 0 Å². The van der Waals surface area contributed by atoms with Crippen LogP contribution in [0.15, 0.2) is 26.5 Å². The van der Waals surface area contributed by atoms with Crippen LogP contribution in [0.5, 0.6) is 0 Å². The van der Waals surface area contributed by atoms with Gasteiger partial charge in [-0.3, -0.25) is 0 Å². The van der Waals surface area contributed by atoms with Crippen LogP contribution in [0.3, 0.4) is 0 Å². The normalized spacial score (nSPS) is 9.42. The third-order valence-corrected chi connectivity index (χ3v) is 1.18. The highest BCUT2D eigenvalue weighted by Crippen LogP contribution is 2.10. The van der Waals surface area contributed by atoms with E-state index in [-0.39, 0.29) is 11.3 Å². The van der Waals surface area contributed by atoms with Gasteiger partial charge in [-0.2, -0.15) is 0 Å². The summed E-state index contributed by atoms with van der Waals surface area (Å²) >= 11 is 0. The average molecular weight is 170 g/mol. The summed E-state index contributed by atoms with van der Waals surface area (Å²) in [5.41, 5.74) is -0.0525. The van der Waals surface area contributed by atoms with Gasteiger partial charge in [0.15, 0.2) is 5.76 Å². The Kier molecular flexibility index (Phi) is 2.14. The lowest BCUT2D eigenvalue weighted by Crippen LogP contribution is -2.01. The Labute approximate surface area is 67.2 Å². The molecular formula is C7H6O5. The van der Waals surface area contributed by atoms with Crippen molar-refractivity contribution in [3.63, 3.8) is 0 Å². The van der Waals surface area contributed by atoms with Crippen LogP contribution in [0.2, 0.25) is 0 Å². The molecule has 5 heteroatoms. The molecule has 0 bridgehead atoms. The van der Waals surface area contributed by atoms with Crippen LogP contribution in [0.1, 0.15) is 5.76 Å². The summed E-state index contributed by atoms with van der Waals surface area (Å²) in [6, 6.07) is 0. The van der Waals surface area contributed by atoms with Crippen molar-refractivity contribution >= 4 is 11.5 Å². The summed E-state index contributed by atoms with van der Waals surface area (Å²) in [5.74, 6) is -1.57. The fourth-order valence-corrected chi connectivity index (χ4v) is 0.596. The lowest BCUT2D eigenvalue weighted by atomic mass is 10.2. The van der Waals surface area contributed by atoms with Crippen LogP contribution >= 0.6 is 0 Å². The molecule has 5 nitrogen and oxygen atoms in total. The molecule has 12 heavy (non-hydrogen) atoms. The Hall–Kier alpha value is -1.78. The first-order chi connectivity index (χ1) is 5.65. The van der Waals surface area contributed by atoms with Crippen LogP contribution in [-0.4, -0.2) is 13.1 Å². The van der Waals surface area contributed by atoms with E-state index in [1.807, 2.05) is 0 Å². The quantitative estimate of drug-likeness (QED) is 0.475. The Morgan fingerprint density at radius 2 is 2.33 bits per heavy atom. The fraction of sp³-hybridized carbons (Fsp3) is 0.143. The molecule has 0 unspecified atom stereocenters. The third-order valence-electron chi connectivity index (χ3n) is 1.18. The zero-order valence-electron chi connectivity index (χ0n) is 6.33. The van der Waals surface area contributed by atoms with Crippen molar-refractivity contribution in [2.24, 2.45) is 0 Å². The molecule has 0 fully saturated rings. The van der Waals surface area contributed by atoms with Gasteiger partial charge in [0.1, 0.15) is 6.26 Å². The Morgan fingerprint density at radius 1 is 1.67 bits per heavy atom. The van der Waals surface area contributed by atoms with Crippen LogP contribution in [-0.2, 0) is 9.53 Å². The van der Waals surface area contributed by atoms with Crippen molar-refractivity contribution in [3.05, 3.63) is 29.2 Å². The summed E-state index contributed by atoms with van der Waals surface area (Å²) in [6.45, 7) is 3.34. The second kappa shape index (κ2) is 3.08. The lowest BCUT2D eigenvalue weighted by molar-refractivity contribution is -0.133. The van der Waals surface area contributed by atoms with Crippen molar-refractivity contribution in [3.8, 4) is 0 Å². The van der Waals surface area contributed by atoms with Gasteiger partial charge in [-0.1, -0.05) is 6.58 Å². The molecule has 0 amide bonds. The third kappa shape index (κ3) is 1.45. The number of hydrogen-bond donors (Lipinski definition) is 0.